The normalized spacial score (nSPS) is 19.8. The largest absolute Gasteiger partial charge is 0.504 e. The third kappa shape index (κ3) is 3.54. The number of methoxy groups -OCH3 is 1. The summed E-state index contributed by atoms with van der Waals surface area (Å²) in [7, 11) is 1.53. The zero-order valence-corrected chi connectivity index (χ0v) is 19.7. The number of phenolic OH excluding ortho intramolecular Hbond substituents is 1. The minimum Gasteiger partial charge on any atom is -0.504 e. The molecule has 0 spiro atoms. The number of carbonyl (C=O) groups excluding carboxylic acids is 1. The van der Waals surface area contributed by atoms with Gasteiger partial charge < -0.3 is 19.6 Å². The van der Waals surface area contributed by atoms with Gasteiger partial charge in [-0.3, -0.25) is 9.69 Å². The van der Waals surface area contributed by atoms with Gasteiger partial charge in [-0.25, -0.2) is 0 Å². The number of thiophene rings is 1. The summed E-state index contributed by atoms with van der Waals surface area (Å²) in [6.07, 6.45) is 3.22. The Balaban J connectivity index is 1.02. The van der Waals surface area contributed by atoms with E-state index in [4.69, 9.17) is 4.74 Å². The number of carbonyl (C=O) groups is 1. The van der Waals surface area contributed by atoms with Gasteiger partial charge in [-0.2, -0.15) is 0 Å². The number of amides is 1. The molecule has 0 bridgehead atoms. The number of piperazine rings is 1. The summed E-state index contributed by atoms with van der Waals surface area (Å²) < 4.78 is 6.60. The van der Waals surface area contributed by atoms with Crippen LogP contribution in [0.2, 0.25) is 0 Å². The van der Waals surface area contributed by atoms with E-state index in [1.165, 1.54) is 28.4 Å². The number of rotatable bonds is 6. The molecular formula is C26H29N3O3S. The van der Waals surface area contributed by atoms with Crippen molar-refractivity contribution in [2.75, 3.05) is 44.7 Å². The predicted molar refractivity (Wildman–Crippen MR) is 132 cm³/mol. The lowest BCUT2D eigenvalue weighted by Gasteiger charge is -2.45. The average molecular weight is 464 g/mol. The van der Waals surface area contributed by atoms with Crippen LogP contribution in [0.25, 0.3) is 10.1 Å². The van der Waals surface area contributed by atoms with E-state index in [9.17, 15) is 9.90 Å². The Kier molecular flexibility index (Phi) is 5.18. The zero-order valence-electron chi connectivity index (χ0n) is 18.9. The van der Waals surface area contributed by atoms with Crippen LogP contribution in [0.4, 0.5) is 5.69 Å². The molecule has 1 atom stereocenters. The maximum atomic E-state index is 12.7. The molecule has 33 heavy (non-hydrogen) atoms. The number of unbranched alkanes of at least 4 members (excludes halogenated alkanes) is 1. The Hall–Kier alpha value is -2.77. The first-order valence-electron chi connectivity index (χ1n) is 11.8. The van der Waals surface area contributed by atoms with Gasteiger partial charge in [0.2, 0.25) is 0 Å². The minimum atomic E-state index is 0.0134. The van der Waals surface area contributed by atoms with Gasteiger partial charge in [-0.05, 0) is 66.6 Å². The Morgan fingerprint density at radius 1 is 1.15 bits per heavy atom. The van der Waals surface area contributed by atoms with Crippen molar-refractivity contribution in [2.24, 2.45) is 0 Å². The molecule has 3 aromatic rings. The number of benzene rings is 2. The lowest BCUT2D eigenvalue weighted by atomic mass is 9.94. The highest BCUT2D eigenvalue weighted by molar-refractivity contribution is 7.17. The number of phenols is 1. The van der Waals surface area contributed by atoms with Gasteiger partial charge >= 0.3 is 0 Å². The third-order valence-corrected chi connectivity index (χ3v) is 8.42. The molecule has 1 N–H and O–H groups in total. The molecule has 7 heteroatoms. The Morgan fingerprint density at radius 2 is 2.03 bits per heavy atom. The lowest BCUT2D eigenvalue weighted by molar-refractivity contribution is 0.0773. The van der Waals surface area contributed by atoms with Crippen molar-refractivity contribution in [3.8, 4) is 11.5 Å². The number of anilines is 1. The fourth-order valence-corrected chi connectivity index (χ4v) is 6.76. The maximum Gasteiger partial charge on any atom is 0.254 e. The van der Waals surface area contributed by atoms with Crippen molar-refractivity contribution in [1.29, 1.82) is 0 Å². The number of hydrogen-bond acceptors (Lipinski definition) is 6. The summed E-state index contributed by atoms with van der Waals surface area (Å²) >= 11 is 1.87. The summed E-state index contributed by atoms with van der Waals surface area (Å²) in [6, 6.07) is 10.6. The van der Waals surface area contributed by atoms with E-state index in [0.29, 0.717) is 23.9 Å². The van der Waals surface area contributed by atoms with Gasteiger partial charge in [0, 0.05) is 60.1 Å². The summed E-state index contributed by atoms with van der Waals surface area (Å²) in [4.78, 5) is 19.8. The second kappa shape index (κ2) is 8.22. The zero-order chi connectivity index (χ0) is 22.5. The molecule has 6 rings (SSSR count). The van der Waals surface area contributed by atoms with E-state index in [-0.39, 0.29) is 11.7 Å². The minimum absolute atomic E-state index is 0.0134. The van der Waals surface area contributed by atoms with E-state index in [1.54, 1.807) is 12.1 Å². The molecule has 1 saturated heterocycles. The smallest absolute Gasteiger partial charge is 0.254 e. The number of ether oxygens (including phenoxy) is 1. The highest BCUT2D eigenvalue weighted by atomic mass is 32.1. The van der Waals surface area contributed by atoms with Gasteiger partial charge in [-0.15, -0.1) is 11.3 Å². The van der Waals surface area contributed by atoms with Crippen LogP contribution in [-0.4, -0.2) is 66.7 Å². The molecule has 1 unspecified atom stereocenters. The van der Waals surface area contributed by atoms with Crippen molar-refractivity contribution in [2.45, 2.75) is 31.8 Å². The standard InChI is InChI=1S/C26H29N3O3S/c1-32-23-12-17-14-28(26(31)20(17)13-22(23)30)8-3-2-7-27-9-10-29-19(15-27)11-18-16-33-24-6-4-5-21(29)25(18)24/h4-6,12-13,16,19,30H,2-3,7-11,14-15H2,1H3. The average Bonchev–Trinajstić information content (AvgIpc) is 3.38. The first-order chi connectivity index (χ1) is 16.1. The summed E-state index contributed by atoms with van der Waals surface area (Å²) in [5.41, 5.74) is 4.48. The van der Waals surface area contributed by atoms with Gasteiger partial charge in [0.1, 0.15) is 0 Å². The van der Waals surface area contributed by atoms with E-state index in [0.717, 1.165) is 57.5 Å². The quantitative estimate of drug-likeness (QED) is 0.558. The predicted octanol–water partition coefficient (Wildman–Crippen LogP) is 4.10. The molecule has 0 radical (unpaired) electrons. The SMILES string of the molecule is COc1cc2c(cc1O)C(=O)N(CCCCN1CCN3c4cccc5scc(c45)CC3C1)C2. The summed E-state index contributed by atoms with van der Waals surface area (Å²) in [5, 5.41) is 13.8. The van der Waals surface area contributed by atoms with Crippen LogP contribution < -0.4 is 9.64 Å². The molecule has 2 aromatic carbocycles. The van der Waals surface area contributed by atoms with Gasteiger partial charge in [0.25, 0.3) is 5.91 Å². The van der Waals surface area contributed by atoms with Crippen LogP contribution in [0.3, 0.4) is 0 Å². The topological polar surface area (TPSA) is 56.3 Å². The Labute approximate surface area is 198 Å². The highest BCUT2D eigenvalue weighted by Crippen LogP contribution is 2.41. The summed E-state index contributed by atoms with van der Waals surface area (Å²) in [6.45, 7) is 5.72. The molecule has 172 valence electrons. The summed E-state index contributed by atoms with van der Waals surface area (Å²) in [5.74, 6) is 0.467. The second-order valence-corrected chi connectivity index (χ2v) is 10.3. The van der Waals surface area contributed by atoms with Crippen molar-refractivity contribution in [1.82, 2.24) is 9.80 Å². The highest BCUT2D eigenvalue weighted by Gasteiger charge is 2.33. The molecular weight excluding hydrogens is 434 g/mol. The van der Waals surface area contributed by atoms with Gasteiger partial charge in [0.15, 0.2) is 11.5 Å². The Morgan fingerprint density at radius 3 is 2.91 bits per heavy atom. The van der Waals surface area contributed by atoms with E-state index >= 15 is 0 Å². The molecule has 1 amide bonds. The van der Waals surface area contributed by atoms with Crippen LogP contribution in [-0.2, 0) is 13.0 Å². The van der Waals surface area contributed by atoms with Crippen molar-refractivity contribution in [3.05, 3.63) is 52.4 Å². The van der Waals surface area contributed by atoms with Gasteiger partial charge in [-0.1, -0.05) is 6.07 Å². The molecule has 6 nitrogen and oxygen atoms in total. The van der Waals surface area contributed by atoms with Crippen molar-refractivity contribution >= 4 is 33.0 Å². The molecule has 4 heterocycles. The van der Waals surface area contributed by atoms with Crippen LogP contribution in [0.5, 0.6) is 11.5 Å². The maximum absolute atomic E-state index is 12.7. The number of aromatic hydroxyl groups is 1. The monoisotopic (exact) mass is 463 g/mol. The first kappa shape index (κ1) is 20.8. The van der Waals surface area contributed by atoms with Crippen molar-refractivity contribution in [3.63, 3.8) is 0 Å². The van der Waals surface area contributed by atoms with Crippen LogP contribution in [0.1, 0.15) is 34.3 Å². The van der Waals surface area contributed by atoms with Crippen molar-refractivity contribution < 1.29 is 14.6 Å². The lowest BCUT2D eigenvalue weighted by Crippen LogP contribution is -2.55. The number of fused-ring (bicyclic) bond motifs is 3. The second-order valence-electron chi connectivity index (χ2n) is 9.38. The third-order valence-electron chi connectivity index (χ3n) is 7.42. The fourth-order valence-electron chi connectivity index (χ4n) is 5.76. The van der Waals surface area contributed by atoms with E-state index < -0.39 is 0 Å². The van der Waals surface area contributed by atoms with Crippen LogP contribution >= 0.6 is 11.3 Å². The van der Waals surface area contributed by atoms with E-state index in [2.05, 4.69) is 33.4 Å². The first-order valence-corrected chi connectivity index (χ1v) is 12.7. The van der Waals surface area contributed by atoms with Gasteiger partial charge in [0.05, 0.1) is 7.11 Å². The molecule has 0 aliphatic carbocycles. The molecule has 3 aliphatic rings. The number of hydrogen-bond donors (Lipinski definition) is 1. The van der Waals surface area contributed by atoms with Crippen LogP contribution in [0.15, 0.2) is 35.7 Å². The molecule has 3 aliphatic heterocycles. The molecule has 1 fully saturated rings. The number of nitrogens with zero attached hydrogens (tertiary/aromatic N) is 3. The molecule has 0 saturated carbocycles. The fraction of sp³-hybridized carbons (Fsp3) is 0.423. The Bertz CT molecular complexity index is 1220. The van der Waals surface area contributed by atoms with E-state index in [1.807, 2.05) is 16.2 Å². The van der Waals surface area contributed by atoms with Crippen LogP contribution in [0, 0.1) is 0 Å². The molecule has 1 aromatic heterocycles.